The van der Waals surface area contributed by atoms with Crippen molar-refractivity contribution < 1.29 is 24.2 Å². The summed E-state index contributed by atoms with van der Waals surface area (Å²) in [6, 6.07) is 7.59. The van der Waals surface area contributed by atoms with E-state index in [1.807, 2.05) is 44.2 Å². The van der Waals surface area contributed by atoms with Crippen LogP contribution < -0.4 is 10.6 Å². The zero-order chi connectivity index (χ0) is 23.1. The van der Waals surface area contributed by atoms with Crippen molar-refractivity contribution in [3.63, 3.8) is 0 Å². The predicted octanol–water partition coefficient (Wildman–Crippen LogP) is 1.15. The second kappa shape index (κ2) is 8.48. The average Bonchev–Trinajstić information content (AvgIpc) is 3.36. The quantitative estimate of drug-likeness (QED) is 0.523. The zero-order valence-electron chi connectivity index (χ0n) is 19.0. The number of nitrogens with zero attached hydrogens (tertiary/aromatic N) is 1. The molecule has 3 fully saturated rings. The lowest BCUT2D eigenvalue weighted by Crippen LogP contribution is -2.56. The maximum atomic E-state index is 13.9. The summed E-state index contributed by atoms with van der Waals surface area (Å²) >= 11 is 0. The van der Waals surface area contributed by atoms with E-state index in [2.05, 4.69) is 10.6 Å². The van der Waals surface area contributed by atoms with Gasteiger partial charge in [0, 0.05) is 13.6 Å². The fourth-order valence-corrected chi connectivity index (χ4v) is 6.07. The number of hydrogen-bond donors (Lipinski definition) is 3. The van der Waals surface area contributed by atoms with E-state index in [1.54, 1.807) is 7.05 Å². The summed E-state index contributed by atoms with van der Waals surface area (Å²) in [5, 5.41) is 16.0. The molecule has 1 aromatic carbocycles. The van der Waals surface area contributed by atoms with Gasteiger partial charge in [0.05, 0.1) is 30.1 Å². The second-order valence-corrected chi connectivity index (χ2v) is 9.34. The van der Waals surface area contributed by atoms with E-state index in [1.165, 1.54) is 4.90 Å². The molecule has 4 rings (SSSR count). The van der Waals surface area contributed by atoms with Gasteiger partial charge in [-0.05, 0) is 31.7 Å². The van der Waals surface area contributed by atoms with Gasteiger partial charge in [-0.1, -0.05) is 43.7 Å². The number of hydrogen-bond acceptors (Lipinski definition) is 5. The molecule has 0 saturated carbocycles. The lowest BCUT2D eigenvalue weighted by atomic mass is 9.66. The normalized spacial score (nSPS) is 33.8. The standard InChI is InChI=1S/C24H33N3O5/c1-4-5-13-26-21(30)19-24-12-11-23(2,32-24)17(20(29)25-3)18(24)22(31)27(19)16(14-28)15-9-7-6-8-10-15/h6-10,16-19,28H,4-5,11-14H2,1-3H3,(H,25,29)(H,26,30)/t16-,17-,18+,19?,23+,24?/m1/s1. The van der Waals surface area contributed by atoms with Gasteiger partial charge in [-0.3, -0.25) is 14.4 Å². The first-order valence-electron chi connectivity index (χ1n) is 11.5. The average molecular weight is 444 g/mol. The molecule has 0 radical (unpaired) electrons. The largest absolute Gasteiger partial charge is 0.394 e. The number of carbonyl (C=O) groups is 3. The molecule has 32 heavy (non-hydrogen) atoms. The van der Waals surface area contributed by atoms with Gasteiger partial charge >= 0.3 is 0 Å². The summed E-state index contributed by atoms with van der Waals surface area (Å²) in [6.45, 7) is 4.07. The summed E-state index contributed by atoms with van der Waals surface area (Å²) in [7, 11) is 1.55. The highest BCUT2D eigenvalue weighted by molar-refractivity contribution is 5.99. The van der Waals surface area contributed by atoms with Gasteiger partial charge in [0.1, 0.15) is 11.6 Å². The van der Waals surface area contributed by atoms with Crippen LogP contribution in [0.3, 0.4) is 0 Å². The molecule has 8 heteroatoms. The van der Waals surface area contributed by atoms with Crippen molar-refractivity contribution >= 4 is 17.7 Å². The van der Waals surface area contributed by atoms with Gasteiger partial charge < -0.3 is 25.4 Å². The molecule has 3 N–H and O–H groups in total. The maximum absolute atomic E-state index is 13.9. The Kier molecular flexibility index (Phi) is 6.02. The Morgan fingerprint density at radius 3 is 2.59 bits per heavy atom. The van der Waals surface area contributed by atoms with Gasteiger partial charge in [0.15, 0.2) is 0 Å². The lowest BCUT2D eigenvalue weighted by molar-refractivity contribution is -0.149. The minimum Gasteiger partial charge on any atom is -0.394 e. The molecule has 3 heterocycles. The van der Waals surface area contributed by atoms with Crippen LogP contribution in [0.5, 0.6) is 0 Å². The summed E-state index contributed by atoms with van der Waals surface area (Å²) < 4.78 is 6.51. The molecule has 3 saturated heterocycles. The SMILES string of the molecule is CCCCNC(=O)C1N([C@H](CO)c2ccccc2)C(=O)[C@@H]2[C@H](C(=O)NC)[C@]3(C)CCC12O3. The molecule has 2 bridgehead atoms. The number of carbonyl (C=O) groups excluding carboxylic acids is 3. The molecule has 3 amide bonds. The van der Waals surface area contributed by atoms with E-state index in [0.717, 1.165) is 18.4 Å². The smallest absolute Gasteiger partial charge is 0.245 e. The first-order valence-corrected chi connectivity index (χ1v) is 11.5. The van der Waals surface area contributed by atoms with E-state index >= 15 is 0 Å². The van der Waals surface area contributed by atoms with Gasteiger partial charge in [-0.25, -0.2) is 0 Å². The molecular formula is C24H33N3O5. The van der Waals surface area contributed by atoms with Crippen LogP contribution in [-0.4, -0.2) is 65.2 Å². The number of amides is 3. The third-order valence-electron chi connectivity index (χ3n) is 7.51. The minimum absolute atomic E-state index is 0.250. The number of unbranched alkanes of at least 4 members (excludes halogenated alkanes) is 1. The number of benzene rings is 1. The molecule has 174 valence electrons. The van der Waals surface area contributed by atoms with Crippen molar-refractivity contribution in [1.29, 1.82) is 0 Å². The van der Waals surface area contributed by atoms with Gasteiger partial charge in [0.25, 0.3) is 0 Å². The molecule has 2 unspecified atom stereocenters. The van der Waals surface area contributed by atoms with Crippen LogP contribution in [0.4, 0.5) is 0 Å². The van der Waals surface area contributed by atoms with Crippen LogP contribution in [0, 0.1) is 11.8 Å². The number of aliphatic hydroxyl groups excluding tert-OH is 1. The van der Waals surface area contributed by atoms with Crippen molar-refractivity contribution in [1.82, 2.24) is 15.5 Å². The zero-order valence-corrected chi connectivity index (χ0v) is 19.0. The molecule has 0 aromatic heterocycles. The summed E-state index contributed by atoms with van der Waals surface area (Å²) in [5.74, 6) is -2.29. The first kappa shape index (κ1) is 22.7. The lowest BCUT2D eigenvalue weighted by Gasteiger charge is -2.37. The fourth-order valence-electron chi connectivity index (χ4n) is 6.07. The molecule has 1 spiro atoms. The molecule has 6 atom stereocenters. The van der Waals surface area contributed by atoms with Crippen LogP contribution in [0.1, 0.15) is 51.1 Å². The predicted molar refractivity (Wildman–Crippen MR) is 117 cm³/mol. The maximum Gasteiger partial charge on any atom is 0.245 e. The fraction of sp³-hybridized carbons (Fsp3) is 0.625. The van der Waals surface area contributed by atoms with E-state index < -0.39 is 35.1 Å². The van der Waals surface area contributed by atoms with E-state index in [-0.39, 0.29) is 24.3 Å². The number of aliphatic hydroxyl groups is 1. The van der Waals surface area contributed by atoms with Crippen molar-refractivity contribution in [2.75, 3.05) is 20.2 Å². The summed E-state index contributed by atoms with van der Waals surface area (Å²) in [5.41, 5.74) is -1.14. The number of ether oxygens (including phenoxy) is 1. The number of nitrogens with one attached hydrogen (secondary N) is 2. The van der Waals surface area contributed by atoms with Gasteiger partial charge in [0.2, 0.25) is 17.7 Å². The van der Waals surface area contributed by atoms with Crippen LogP contribution in [0.15, 0.2) is 30.3 Å². The highest BCUT2D eigenvalue weighted by Gasteiger charge is 2.78. The monoisotopic (exact) mass is 443 g/mol. The van der Waals surface area contributed by atoms with Crippen LogP contribution in [-0.2, 0) is 19.1 Å². The van der Waals surface area contributed by atoms with Crippen molar-refractivity contribution in [3.05, 3.63) is 35.9 Å². The van der Waals surface area contributed by atoms with Crippen LogP contribution >= 0.6 is 0 Å². The Morgan fingerprint density at radius 2 is 1.97 bits per heavy atom. The summed E-state index contributed by atoms with van der Waals surface area (Å²) in [6.07, 6.45) is 2.86. The summed E-state index contributed by atoms with van der Waals surface area (Å²) in [4.78, 5) is 41.8. The van der Waals surface area contributed by atoms with Crippen LogP contribution in [0.2, 0.25) is 0 Å². The van der Waals surface area contributed by atoms with E-state index in [0.29, 0.717) is 19.4 Å². The molecule has 3 aliphatic rings. The van der Waals surface area contributed by atoms with E-state index in [9.17, 15) is 19.5 Å². The Labute approximate surface area is 188 Å². The Hall–Kier alpha value is -2.45. The Balaban J connectivity index is 1.80. The molecule has 0 aliphatic carbocycles. The first-order chi connectivity index (χ1) is 15.3. The van der Waals surface area contributed by atoms with Crippen molar-refractivity contribution in [2.45, 2.75) is 62.8 Å². The highest BCUT2D eigenvalue weighted by Crippen LogP contribution is 2.63. The topological polar surface area (TPSA) is 108 Å². The molecule has 8 nitrogen and oxygen atoms in total. The second-order valence-electron chi connectivity index (χ2n) is 9.34. The number of rotatable bonds is 8. The van der Waals surface area contributed by atoms with E-state index in [4.69, 9.17) is 4.74 Å². The minimum atomic E-state index is -1.08. The molecule has 3 aliphatic heterocycles. The number of likely N-dealkylation sites (tertiary alicyclic amines) is 1. The van der Waals surface area contributed by atoms with Crippen molar-refractivity contribution in [3.8, 4) is 0 Å². The van der Waals surface area contributed by atoms with Gasteiger partial charge in [-0.15, -0.1) is 0 Å². The molecular weight excluding hydrogens is 410 g/mol. The Bertz CT molecular complexity index is 893. The number of fused-ring (bicyclic) bond motifs is 1. The highest BCUT2D eigenvalue weighted by atomic mass is 16.5. The van der Waals surface area contributed by atoms with Crippen molar-refractivity contribution in [2.24, 2.45) is 11.8 Å². The Morgan fingerprint density at radius 1 is 1.25 bits per heavy atom. The third kappa shape index (κ3) is 3.23. The van der Waals surface area contributed by atoms with Crippen LogP contribution in [0.25, 0.3) is 0 Å². The third-order valence-corrected chi connectivity index (χ3v) is 7.51. The van der Waals surface area contributed by atoms with Gasteiger partial charge in [-0.2, -0.15) is 0 Å². The molecule has 1 aromatic rings.